The van der Waals surface area contributed by atoms with Crippen molar-refractivity contribution in [3.05, 3.63) is 70.9 Å². The van der Waals surface area contributed by atoms with Gasteiger partial charge in [0.05, 0.1) is 23.4 Å². The summed E-state index contributed by atoms with van der Waals surface area (Å²) < 4.78 is 5.87. The SMILES string of the molecule is CCCCCCOc1ccc(/C=C2/CN(CC)Cc3c2nc2ccccc2c3C(=O)O)cc1. The van der Waals surface area contributed by atoms with E-state index in [1.165, 1.54) is 19.3 Å². The zero-order chi connectivity index (χ0) is 23.2. The zero-order valence-corrected chi connectivity index (χ0v) is 19.5. The molecule has 172 valence electrons. The number of pyridine rings is 1. The molecule has 1 aliphatic rings. The molecule has 5 heteroatoms. The summed E-state index contributed by atoms with van der Waals surface area (Å²) >= 11 is 0. The zero-order valence-electron chi connectivity index (χ0n) is 19.5. The van der Waals surface area contributed by atoms with Gasteiger partial charge in [0.2, 0.25) is 0 Å². The summed E-state index contributed by atoms with van der Waals surface area (Å²) in [7, 11) is 0. The van der Waals surface area contributed by atoms with Gasteiger partial charge in [0.1, 0.15) is 5.75 Å². The van der Waals surface area contributed by atoms with Crippen LogP contribution in [-0.4, -0.2) is 40.7 Å². The van der Waals surface area contributed by atoms with Crippen LogP contribution >= 0.6 is 0 Å². The molecule has 2 aromatic carbocycles. The number of likely N-dealkylation sites (N-methyl/N-ethyl adjacent to an activating group) is 1. The second kappa shape index (κ2) is 10.6. The van der Waals surface area contributed by atoms with Crippen LogP contribution in [0.2, 0.25) is 0 Å². The lowest BCUT2D eigenvalue weighted by Crippen LogP contribution is -2.31. The molecular weight excluding hydrogens is 412 g/mol. The van der Waals surface area contributed by atoms with Gasteiger partial charge in [-0.3, -0.25) is 4.90 Å². The molecule has 0 spiro atoms. The molecule has 1 N–H and O–H groups in total. The Labute approximate surface area is 195 Å². The van der Waals surface area contributed by atoms with Crippen LogP contribution in [0.4, 0.5) is 0 Å². The molecule has 4 rings (SSSR count). The van der Waals surface area contributed by atoms with Crippen molar-refractivity contribution in [3.63, 3.8) is 0 Å². The Kier molecular flexibility index (Phi) is 7.40. The average Bonchev–Trinajstić information content (AvgIpc) is 2.83. The van der Waals surface area contributed by atoms with E-state index < -0.39 is 5.97 Å². The molecule has 0 bridgehead atoms. The summed E-state index contributed by atoms with van der Waals surface area (Å²) in [6.07, 6.45) is 6.88. The highest BCUT2D eigenvalue weighted by Crippen LogP contribution is 2.34. The van der Waals surface area contributed by atoms with Crippen molar-refractivity contribution in [2.24, 2.45) is 0 Å². The third kappa shape index (κ3) is 5.25. The highest BCUT2D eigenvalue weighted by Gasteiger charge is 2.27. The van der Waals surface area contributed by atoms with Crippen molar-refractivity contribution >= 4 is 28.5 Å². The molecule has 5 nitrogen and oxygen atoms in total. The van der Waals surface area contributed by atoms with Crippen LogP contribution in [0.15, 0.2) is 48.5 Å². The summed E-state index contributed by atoms with van der Waals surface area (Å²) in [5, 5.41) is 10.7. The molecule has 0 fully saturated rings. The van der Waals surface area contributed by atoms with Gasteiger partial charge < -0.3 is 9.84 Å². The Morgan fingerprint density at radius 3 is 2.58 bits per heavy atom. The van der Waals surface area contributed by atoms with Gasteiger partial charge >= 0.3 is 5.97 Å². The number of hydrogen-bond acceptors (Lipinski definition) is 4. The number of aromatic nitrogens is 1. The first-order chi connectivity index (χ1) is 16.1. The summed E-state index contributed by atoms with van der Waals surface area (Å²) in [5.41, 5.74) is 4.78. The number of hydrogen-bond donors (Lipinski definition) is 1. The van der Waals surface area contributed by atoms with Crippen molar-refractivity contribution < 1.29 is 14.6 Å². The predicted octanol–water partition coefficient (Wildman–Crippen LogP) is 6.27. The highest BCUT2D eigenvalue weighted by molar-refractivity contribution is 6.06. The Hall–Kier alpha value is -3.18. The van der Waals surface area contributed by atoms with E-state index in [-0.39, 0.29) is 0 Å². The first-order valence-electron chi connectivity index (χ1n) is 11.9. The molecule has 3 aromatic rings. The number of carboxylic acid groups (broad SMARTS) is 1. The van der Waals surface area contributed by atoms with Crippen molar-refractivity contribution in [3.8, 4) is 5.75 Å². The van der Waals surface area contributed by atoms with Crippen molar-refractivity contribution in [2.75, 3.05) is 19.7 Å². The largest absolute Gasteiger partial charge is 0.494 e. The monoisotopic (exact) mass is 444 g/mol. The van der Waals surface area contributed by atoms with Crippen LogP contribution in [0.25, 0.3) is 22.6 Å². The molecule has 0 radical (unpaired) electrons. The van der Waals surface area contributed by atoms with E-state index in [1.54, 1.807) is 0 Å². The number of carboxylic acids is 1. The van der Waals surface area contributed by atoms with Gasteiger partial charge in [0.25, 0.3) is 0 Å². The molecule has 0 aliphatic carbocycles. The third-order valence-electron chi connectivity index (χ3n) is 6.22. The molecule has 2 heterocycles. The summed E-state index contributed by atoms with van der Waals surface area (Å²) in [5.74, 6) is -0.0206. The van der Waals surface area contributed by atoms with Crippen molar-refractivity contribution in [1.29, 1.82) is 0 Å². The second-order valence-corrected chi connectivity index (χ2v) is 8.59. The van der Waals surface area contributed by atoms with Crippen molar-refractivity contribution in [1.82, 2.24) is 9.88 Å². The van der Waals surface area contributed by atoms with E-state index in [0.29, 0.717) is 17.5 Å². The molecule has 1 aromatic heterocycles. The van der Waals surface area contributed by atoms with Crippen LogP contribution in [0.3, 0.4) is 0 Å². The lowest BCUT2D eigenvalue weighted by Gasteiger charge is -2.30. The van der Waals surface area contributed by atoms with Gasteiger partial charge in [-0.05, 0) is 48.4 Å². The van der Waals surface area contributed by atoms with E-state index in [0.717, 1.165) is 59.8 Å². The maximum Gasteiger partial charge on any atom is 0.336 e. The fraction of sp³-hybridized carbons (Fsp3) is 0.357. The van der Waals surface area contributed by atoms with Gasteiger partial charge in [-0.15, -0.1) is 0 Å². The molecule has 0 saturated heterocycles. The van der Waals surface area contributed by atoms with E-state index in [2.05, 4.69) is 37.0 Å². The summed E-state index contributed by atoms with van der Waals surface area (Å²) in [6, 6.07) is 15.6. The minimum Gasteiger partial charge on any atom is -0.494 e. The number of aromatic carboxylic acids is 1. The molecule has 0 saturated carbocycles. The maximum absolute atomic E-state index is 12.2. The number of benzene rings is 2. The number of fused-ring (bicyclic) bond motifs is 2. The molecule has 0 unspecified atom stereocenters. The number of para-hydroxylation sites is 1. The van der Waals surface area contributed by atoms with E-state index in [4.69, 9.17) is 9.72 Å². The van der Waals surface area contributed by atoms with Crippen LogP contribution in [0.5, 0.6) is 5.75 Å². The minimum absolute atomic E-state index is 0.367. The number of ether oxygens (including phenoxy) is 1. The molecular formula is C28H32N2O3. The Balaban J connectivity index is 1.66. The lowest BCUT2D eigenvalue weighted by molar-refractivity contribution is 0.0696. The molecule has 0 atom stereocenters. The number of carbonyl (C=O) groups is 1. The highest BCUT2D eigenvalue weighted by atomic mass is 16.5. The van der Waals surface area contributed by atoms with Crippen LogP contribution < -0.4 is 4.74 Å². The maximum atomic E-state index is 12.2. The normalized spacial score (nSPS) is 15.0. The Morgan fingerprint density at radius 1 is 1.06 bits per heavy atom. The van der Waals surface area contributed by atoms with E-state index in [9.17, 15) is 9.90 Å². The molecule has 33 heavy (non-hydrogen) atoms. The fourth-order valence-corrected chi connectivity index (χ4v) is 4.43. The minimum atomic E-state index is -0.900. The second-order valence-electron chi connectivity index (χ2n) is 8.59. The standard InChI is InChI=1S/C28H32N2O3/c1-3-5-6-9-16-33-22-14-12-20(13-15-22)17-21-18-30(4-2)19-24-26(28(31)32)23-10-7-8-11-25(23)29-27(21)24/h7-8,10-15,17H,3-6,9,16,18-19H2,1-2H3,(H,31,32)/b21-17-. The number of unbranched alkanes of at least 4 members (excludes halogenated alkanes) is 3. The number of rotatable bonds is 9. The molecule has 1 aliphatic heterocycles. The Morgan fingerprint density at radius 2 is 1.85 bits per heavy atom. The van der Waals surface area contributed by atoms with E-state index >= 15 is 0 Å². The first kappa shape index (κ1) is 23.0. The van der Waals surface area contributed by atoms with Gasteiger partial charge in [-0.1, -0.05) is 63.4 Å². The first-order valence-corrected chi connectivity index (χ1v) is 11.9. The quantitative estimate of drug-likeness (QED) is 0.394. The summed E-state index contributed by atoms with van der Waals surface area (Å²) in [6.45, 7) is 7.22. The smallest absolute Gasteiger partial charge is 0.336 e. The summed E-state index contributed by atoms with van der Waals surface area (Å²) in [4.78, 5) is 19.4. The van der Waals surface area contributed by atoms with Crippen molar-refractivity contribution in [2.45, 2.75) is 46.1 Å². The van der Waals surface area contributed by atoms with E-state index in [1.807, 2.05) is 36.4 Å². The number of nitrogens with zero attached hydrogens (tertiary/aromatic N) is 2. The lowest BCUT2D eigenvalue weighted by atomic mass is 9.92. The average molecular weight is 445 g/mol. The van der Waals surface area contributed by atoms with Gasteiger partial charge in [-0.25, -0.2) is 9.78 Å². The van der Waals surface area contributed by atoms with Gasteiger partial charge in [-0.2, -0.15) is 0 Å². The Bertz CT molecular complexity index is 1150. The fourth-order valence-electron chi connectivity index (χ4n) is 4.43. The van der Waals surface area contributed by atoms with Crippen LogP contribution in [0.1, 0.15) is 66.7 Å². The van der Waals surface area contributed by atoms with Crippen LogP contribution in [0, 0.1) is 0 Å². The molecule has 0 amide bonds. The van der Waals surface area contributed by atoms with Gasteiger partial charge in [0.15, 0.2) is 0 Å². The topological polar surface area (TPSA) is 62.7 Å². The third-order valence-corrected chi connectivity index (χ3v) is 6.22. The predicted molar refractivity (Wildman–Crippen MR) is 134 cm³/mol. The van der Waals surface area contributed by atoms with Gasteiger partial charge in [0, 0.05) is 24.0 Å². The van der Waals surface area contributed by atoms with Crippen LogP contribution in [-0.2, 0) is 6.54 Å².